The van der Waals surface area contributed by atoms with Crippen molar-refractivity contribution in [3.05, 3.63) is 33.5 Å². The minimum atomic E-state index is -0.562. The molecule has 1 aromatic rings. The van der Waals surface area contributed by atoms with Crippen molar-refractivity contribution >= 4 is 22.0 Å². The van der Waals surface area contributed by atoms with Crippen molar-refractivity contribution in [3.63, 3.8) is 0 Å². The van der Waals surface area contributed by atoms with E-state index in [1.165, 1.54) is 6.07 Å². The van der Waals surface area contributed by atoms with Gasteiger partial charge >= 0.3 is 6.09 Å². The van der Waals surface area contributed by atoms with E-state index in [4.69, 9.17) is 10.5 Å². The molecule has 1 aromatic carbocycles. The molecule has 0 spiro atoms. The predicted octanol–water partition coefficient (Wildman–Crippen LogP) is 3.73. The van der Waals surface area contributed by atoms with Crippen molar-refractivity contribution in [2.75, 3.05) is 6.54 Å². The highest BCUT2D eigenvalue weighted by Crippen LogP contribution is 2.33. The van der Waals surface area contributed by atoms with E-state index in [2.05, 4.69) is 15.9 Å². The van der Waals surface area contributed by atoms with Crippen molar-refractivity contribution in [1.29, 1.82) is 0 Å². The van der Waals surface area contributed by atoms with Gasteiger partial charge in [0, 0.05) is 22.6 Å². The van der Waals surface area contributed by atoms with Gasteiger partial charge in [0.15, 0.2) is 0 Å². The molecule has 0 aliphatic carbocycles. The second-order valence-electron chi connectivity index (χ2n) is 6.22. The Kier molecular flexibility index (Phi) is 4.58. The van der Waals surface area contributed by atoms with Crippen LogP contribution in [0.5, 0.6) is 0 Å². The molecule has 1 aliphatic heterocycles. The Hall–Kier alpha value is -1.14. The van der Waals surface area contributed by atoms with Gasteiger partial charge in [0.25, 0.3) is 0 Å². The Bertz CT molecular complexity index is 557. The van der Waals surface area contributed by atoms with Crippen molar-refractivity contribution in [1.82, 2.24) is 4.90 Å². The molecule has 6 heteroatoms. The van der Waals surface area contributed by atoms with Crippen LogP contribution in [-0.2, 0) is 11.3 Å². The maximum absolute atomic E-state index is 14.0. The number of hydrogen-bond acceptors (Lipinski definition) is 3. The van der Waals surface area contributed by atoms with Gasteiger partial charge in [-0.25, -0.2) is 9.18 Å². The number of halogens is 2. The normalized spacial score (nSPS) is 19.0. The first-order valence-corrected chi connectivity index (χ1v) is 7.68. The third-order valence-electron chi connectivity index (χ3n) is 3.33. The summed E-state index contributed by atoms with van der Waals surface area (Å²) in [5.74, 6) is -0.327. The number of nitrogens with two attached hydrogens (primary N) is 1. The molecule has 0 radical (unpaired) electrons. The maximum atomic E-state index is 14.0. The number of hydrogen-bond donors (Lipinski definition) is 1. The smallest absolute Gasteiger partial charge is 0.410 e. The van der Waals surface area contributed by atoms with Gasteiger partial charge in [-0.3, -0.25) is 0 Å². The van der Waals surface area contributed by atoms with Crippen LogP contribution in [0.1, 0.15) is 44.4 Å². The Morgan fingerprint density at radius 1 is 1.48 bits per heavy atom. The fourth-order valence-electron chi connectivity index (χ4n) is 2.36. The largest absolute Gasteiger partial charge is 0.444 e. The Morgan fingerprint density at radius 2 is 2.14 bits per heavy atom. The van der Waals surface area contributed by atoms with Gasteiger partial charge in [0.1, 0.15) is 11.4 Å². The molecule has 0 aromatic heterocycles. The molecule has 21 heavy (non-hydrogen) atoms. The lowest BCUT2D eigenvalue weighted by atomic mass is 9.99. The quantitative estimate of drug-likeness (QED) is 0.768. The van der Waals surface area contributed by atoms with Gasteiger partial charge < -0.3 is 15.4 Å². The molecule has 1 amide bonds. The van der Waals surface area contributed by atoms with E-state index in [9.17, 15) is 9.18 Å². The van der Waals surface area contributed by atoms with Gasteiger partial charge in [0.05, 0.1) is 6.54 Å². The van der Waals surface area contributed by atoms with Crippen molar-refractivity contribution in [3.8, 4) is 0 Å². The molecule has 1 aliphatic rings. The Labute approximate surface area is 132 Å². The summed E-state index contributed by atoms with van der Waals surface area (Å²) in [5, 5.41) is 0. The molecule has 2 rings (SSSR count). The first kappa shape index (κ1) is 16.2. The molecule has 0 bridgehead atoms. The monoisotopic (exact) mass is 358 g/mol. The van der Waals surface area contributed by atoms with Gasteiger partial charge in [-0.05, 0) is 44.9 Å². The molecular weight excluding hydrogens is 339 g/mol. The Balaban J connectivity index is 2.31. The molecule has 1 heterocycles. The summed E-state index contributed by atoms with van der Waals surface area (Å²) in [6.07, 6.45) is 0.0956. The van der Waals surface area contributed by atoms with E-state index in [1.54, 1.807) is 11.0 Å². The van der Waals surface area contributed by atoms with Crippen molar-refractivity contribution in [2.45, 2.75) is 45.4 Å². The number of carbonyl (C=O) groups excluding carboxylic acids is 1. The molecule has 0 saturated heterocycles. The number of nitrogens with zero attached hydrogens (tertiary/aromatic N) is 1. The van der Waals surface area contributed by atoms with Crippen LogP contribution in [0.3, 0.4) is 0 Å². The highest BCUT2D eigenvalue weighted by atomic mass is 79.9. The van der Waals surface area contributed by atoms with Gasteiger partial charge in [-0.1, -0.05) is 15.9 Å². The second-order valence-corrected chi connectivity index (χ2v) is 7.07. The summed E-state index contributed by atoms with van der Waals surface area (Å²) in [6.45, 7) is 6.18. The Morgan fingerprint density at radius 3 is 2.76 bits per heavy atom. The average molecular weight is 359 g/mol. The number of rotatable bonds is 0. The summed E-state index contributed by atoms with van der Waals surface area (Å²) < 4.78 is 20.2. The van der Waals surface area contributed by atoms with Crippen molar-refractivity contribution in [2.24, 2.45) is 5.73 Å². The molecule has 0 saturated carbocycles. The van der Waals surface area contributed by atoms with E-state index >= 15 is 0 Å². The summed E-state index contributed by atoms with van der Waals surface area (Å²) in [6, 6.07) is 2.61. The van der Waals surface area contributed by atoms with E-state index in [1.807, 2.05) is 20.8 Å². The van der Waals surface area contributed by atoms with Gasteiger partial charge in [0.2, 0.25) is 0 Å². The summed E-state index contributed by atoms with van der Waals surface area (Å²) in [5.41, 5.74) is 6.70. The lowest BCUT2D eigenvalue weighted by molar-refractivity contribution is 0.0234. The van der Waals surface area contributed by atoms with Crippen LogP contribution in [0.25, 0.3) is 0 Å². The van der Waals surface area contributed by atoms with Crippen LogP contribution in [0.2, 0.25) is 0 Å². The van der Waals surface area contributed by atoms with Gasteiger partial charge in [-0.2, -0.15) is 0 Å². The fourth-order valence-corrected chi connectivity index (χ4v) is 2.83. The molecule has 1 atom stereocenters. The molecule has 116 valence electrons. The lowest BCUT2D eigenvalue weighted by Crippen LogP contribution is -2.36. The summed E-state index contributed by atoms with van der Waals surface area (Å²) in [4.78, 5) is 13.8. The lowest BCUT2D eigenvalue weighted by Gasteiger charge is -2.26. The molecule has 2 N–H and O–H groups in total. The topological polar surface area (TPSA) is 55.6 Å². The predicted molar refractivity (Wildman–Crippen MR) is 82.3 cm³/mol. The molecular formula is C15H20BrFN2O2. The van der Waals surface area contributed by atoms with Crippen LogP contribution in [-0.4, -0.2) is 23.1 Å². The summed E-state index contributed by atoms with van der Waals surface area (Å²) >= 11 is 3.42. The number of fused-ring (bicyclic) bond motifs is 1. The van der Waals surface area contributed by atoms with E-state index < -0.39 is 17.7 Å². The molecule has 0 fully saturated rings. The number of benzene rings is 1. The van der Waals surface area contributed by atoms with Crippen LogP contribution >= 0.6 is 15.9 Å². The zero-order chi connectivity index (χ0) is 15.8. The minimum absolute atomic E-state index is 0.288. The van der Waals surface area contributed by atoms with E-state index in [0.29, 0.717) is 24.1 Å². The number of carbonyl (C=O) groups is 1. The summed E-state index contributed by atoms with van der Waals surface area (Å²) in [7, 11) is 0. The van der Waals surface area contributed by atoms with Crippen LogP contribution < -0.4 is 5.73 Å². The minimum Gasteiger partial charge on any atom is -0.444 e. The number of ether oxygens (including phenoxy) is 1. The number of amides is 1. The standard InChI is InChI=1S/C15H20BrFN2O2/c1-15(2,3)21-14(20)19-7-6-12(18)13-9(8-19)10(16)4-5-11(13)17/h4-5,12H,6-8,18H2,1-3H3/t12-/m1/s1. The molecule has 4 nitrogen and oxygen atoms in total. The third kappa shape index (κ3) is 3.74. The second kappa shape index (κ2) is 5.93. The van der Waals surface area contributed by atoms with Gasteiger partial charge in [-0.15, -0.1) is 0 Å². The highest BCUT2D eigenvalue weighted by Gasteiger charge is 2.29. The first-order chi connectivity index (χ1) is 9.69. The van der Waals surface area contributed by atoms with Crippen molar-refractivity contribution < 1.29 is 13.9 Å². The third-order valence-corrected chi connectivity index (χ3v) is 4.07. The first-order valence-electron chi connectivity index (χ1n) is 6.89. The average Bonchev–Trinajstić information content (AvgIpc) is 2.52. The SMILES string of the molecule is CC(C)(C)OC(=O)N1CC[C@@H](N)c2c(F)ccc(Br)c2C1. The highest BCUT2D eigenvalue weighted by molar-refractivity contribution is 9.10. The maximum Gasteiger partial charge on any atom is 0.410 e. The fraction of sp³-hybridized carbons (Fsp3) is 0.533. The van der Waals surface area contributed by atoms with Crippen LogP contribution in [0.4, 0.5) is 9.18 Å². The van der Waals surface area contributed by atoms with E-state index in [-0.39, 0.29) is 12.4 Å². The molecule has 0 unspecified atom stereocenters. The van der Waals surface area contributed by atoms with Crippen LogP contribution in [0.15, 0.2) is 16.6 Å². The van der Waals surface area contributed by atoms with Crippen LogP contribution in [0, 0.1) is 5.82 Å². The van der Waals surface area contributed by atoms with E-state index in [0.717, 1.165) is 4.47 Å². The zero-order valence-electron chi connectivity index (χ0n) is 12.5. The zero-order valence-corrected chi connectivity index (χ0v) is 14.0.